The van der Waals surface area contributed by atoms with Gasteiger partial charge in [0.25, 0.3) is 10.0 Å². The Hall–Kier alpha value is -2.98. The van der Waals surface area contributed by atoms with E-state index in [0.717, 1.165) is 48.5 Å². The molecule has 0 heterocycles. The van der Waals surface area contributed by atoms with E-state index in [1.54, 1.807) is 6.07 Å². The molecule has 3 aromatic rings. The predicted octanol–water partition coefficient (Wildman–Crippen LogP) is 3.67. The quantitative estimate of drug-likeness (QED) is 0.445. The Morgan fingerprint density at radius 3 is 1.86 bits per heavy atom. The highest BCUT2D eigenvalue weighted by Gasteiger charge is 2.25. The summed E-state index contributed by atoms with van der Waals surface area (Å²) in [4.78, 5) is -0.506. The molecule has 0 bridgehead atoms. The van der Waals surface area contributed by atoms with Crippen LogP contribution in [0.5, 0.6) is 5.75 Å². The van der Waals surface area contributed by atoms with Gasteiger partial charge >= 0.3 is 10.1 Å². The summed E-state index contributed by atoms with van der Waals surface area (Å²) < 4.78 is 80.6. The zero-order valence-electron chi connectivity index (χ0n) is 14.1. The Morgan fingerprint density at radius 1 is 0.714 bits per heavy atom. The molecule has 146 valence electrons. The van der Waals surface area contributed by atoms with Crippen LogP contribution in [0.25, 0.3) is 0 Å². The van der Waals surface area contributed by atoms with Crippen LogP contribution in [0.15, 0.2) is 88.7 Å². The van der Waals surface area contributed by atoms with Crippen molar-refractivity contribution in [2.24, 2.45) is 0 Å². The number of anilines is 1. The third-order valence-electron chi connectivity index (χ3n) is 3.60. The van der Waals surface area contributed by atoms with Crippen LogP contribution in [-0.2, 0) is 20.1 Å². The van der Waals surface area contributed by atoms with Gasteiger partial charge in [0.2, 0.25) is 0 Å². The fourth-order valence-electron chi connectivity index (χ4n) is 2.22. The zero-order valence-corrected chi connectivity index (χ0v) is 15.7. The van der Waals surface area contributed by atoms with E-state index < -0.39 is 30.5 Å². The molecule has 0 aliphatic rings. The van der Waals surface area contributed by atoms with Gasteiger partial charge in [0.15, 0.2) is 0 Å². The molecule has 0 aromatic heterocycles. The van der Waals surface area contributed by atoms with Gasteiger partial charge in [-0.25, -0.2) is 4.39 Å². The molecule has 0 aliphatic heterocycles. The van der Waals surface area contributed by atoms with E-state index >= 15 is 0 Å². The van der Waals surface area contributed by atoms with Crippen molar-refractivity contribution in [1.82, 2.24) is 0 Å². The van der Waals surface area contributed by atoms with Crippen molar-refractivity contribution in [3.8, 4) is 5.75 Å². The third-order valence-corrected chi connectivity index (χ3v) is 6.36. The van der Waals surface area contributed by atoms with Crippen molar-refractivity contribution in [2.45, 2.75) is 9.79 Å². The van der Waals surface area contributed by atoms with Crippen LogP contribution in [0.2, 0.25) is 0 Å². The molecule has 0 saturated heterocycles. The smallest absolute Gasteiger partial charge is 0.339 e. The largest absolute Gasteiger partial charge is 0.379 e. The zero-order chi connectivity index (χ0) is 20.4. The van der Waals surface area contributed by atoms with E-state index in [2.05, 4.69) is 0 Å². The minimum atomic E-state index is -4.41. The summed E-state index contributed by atoms with van der Waals surface area (Å²) >= 11 is 0. The maximum Gasteiger partial charge on any atom is 0.339 e. The number of sulfonamides is 1. The maximum atomic E-state index is 14.4. The molecule has 0 radical (unpaired) electrons. The Labute approximate surface area is 160 Å². The van der Waals surface area contributed by atoms with Crippen molar-refractivity contribution in [2.75, 3.05) is 4.53 Å². The van der Waals surface area contributed by atoms with Crippen LogP contribution in [0, 0.1) is 5.82 Å². The molecule has 0 unspecified atom stereocenters. The molecular formula is C18H13F2NO5S2. The van der Waals surface area contributed by atoms with Crippen LogP contribution in [-0.4, -0.2) is 16.8 Å². The molecule has 0 fully saturated rings. The van der Waals surface area contributed by atoms with Gasteiger partial charge in [-0.05, 0) is 60.7 Å². The predicted molar refractivity (Wildman–Crippen MR) is 97.9 cm³/mol. The normalized spacial score (nSPS) is 11.8. The molecule has 0 aliphatic carbocycles. The van der Waals surface area contributed by atoms with Gasteiger partial charge in [0.1, 0.15) is 16.5 Å². The molecule has 0 saturated carbocycles. The highest BCUT2D eigenvalue weighted by molar-refractivity contribution is 7.92. The Morgan fingerprint density at radius 2 is 1.29 bits per heavy atom. The number of hydrogen-bond acceptors (Lipinski definition) is 5. The summed E-state index contributed by atoms with van der Waals surface area (Å²) in [5.41, 5.74) is -0.338. The molecular weight excluding hydrogens is 412 g/mol. The highest BCUT2D eigenvalue weighted by Crippen LogP contribution is 2.27. The monoisotopic (exact) mass is 425 g/mol. The first kappa shape index (κ1) is 19.8. The van der Waals surface area contributed by atoms with Crippen molar-refractivity contribution >= 4 is 25.8 Å². The van der Waals surface area contributed by atoms with Crippen molar-refractivity contribution in [1.29, 1.82) is 0 Å². The first-order valence-electron chi connectivity index (χ1n) is 7.76. The van der Waals surface area contributed by atoms with E-state index in [9.17, 15) is 25.7 Å². The topological polar surface area (TPSA) is 80.8 Å². The number of nitrogens with zero attached hydrogens (tertiary/aromatic N) is 1. The van der Waals surface area contributed by atoms with Crippen molar-refractivity contribution in [3.05, 3.63) is 84.7 Å². The fraction of sp³-hybridized carbons (Fsp3) is 0. The number of hydrogen-bond donors (Lipinski definition) is 0. The lowest BCUT2D eigenvalue weighted by molar-refractivity contribution is 0.484. The second-order valence-corrected chi connectivity index (χ2v) is 8.81. The minimum absolute atomic E-state index is 0.168. The lowest BCUT2D eigenvalue weighted by Gasteiger charge is -2.14. The van der Waals surface area contributed by atoms with E-state index in [1.165, 1.54) is 24.3 Å². The molecule has 28 heavy (non-hydrogen) atoms. The number of rotatable bonds is 6. The summed E-state index contributed by atoms with van der Waals surface area (Å²) in [6, 6.07) is 15.3. The van der Waals surface area contributed by atoms with Gasteiger partial charge in [-0.3, -0.25) is 0 Å². The van der Waals surface area contributed by atoms with Crippen LogP contribution in [0.1, 0.15) is 0 Å². The molecule has 3 aromatic carbocycles. The molecule has 3 rings (SSSR count). The molecule has 0 atom stereocenters. The molecule has 6 nitrogen and oxygen atoms in total. The van der Waals surface area contributed by atoms with Gasteiger partial charge < -0.3 is 4.18 Å². The summed E-state index contributed by atoms with van der Waals surface area (Å²) in [6.07, 6.45) is 0. The first-order chi connectivity index (χ1) is 13.2. The third kappa shape index (κ3) is 4.12. The summed E-state index contributed by atoms with van der Waals surface area (Å²) in [6.45, 7) is 0. The lowest BCUT2D eigenvalue weighted by Crippen LogP contribution is -2.22. The fourth-order valence-corrected chi connectivity index (χ4v) is 4.23. The second-order valence-electron chi connectivity index (χ2n) is 5.52. The van der Waals surface area contributed by atoms with Gasteiger partial charge in [0, 0.05) is 0 Å². The van der Waals surface area contributed by atoms with Crippen molar-refractivity contribution in [3.63, 3.8) is 0 Å². The molecule has 10 heteroatoms. The Bertz CT molecular complexity index is 1160. The Balaban J connectivity index is 1.81. The summed E-state index contributed by atoms with van der Waals surface area (Å²) in [5.74, 6) is -0.774. The van der Waals surface area contributed by atoms with Crippen molar-refractivity contribution < 1.29 is 29.9 Å². The molecule has 0 N–H and O–H groups in total. The first-order valence-corrected chi connectivity index (χ1v) is 10.6. The molecule has 0 spiro atoms. The van der Waals surface area contributed by atoms with Crippen LogP contribution >= 0.6 is 0 Å². The van der Waals surface area contributed by atoms with Crippen LogP contribution < -0.4 is 8.71 Å². The van der Waals surface area contributed by atoms with Gasteiger partial charge in [-0.2, -0.15) is 16.8 Å². The Kier molecular flexibility index (Phi) is 5.34. The van der Waals surface area contributed by atoms with E-state index in [0.29, 0.717) is 0 Å². The van der Waals surface area contributed by atoms with E-state index in [4.69, 9.17) is 4.18 Å². The van der Waals surface area contributed by atoms with Crippen LogP contribution in [0.3, 0.4) is 0 Å². The standard InChI is InChI=1S/C18H13F2NO5S2/c19-14-6-12-18(13-7-14)28(24,25)26-16-10-8-15(9-11-16)21(20)27(22,23)17-4-2-1-3-5-17/h1-13H. The van der Waals surface area contributed by atoms with E-state index in [-0.39, 0.29) is 21.2 Å². The molecule has 0 amide bonds. The summed E-state index contributed by atoms with van der Waals surface area (Å²) in [5, 5.41) is 0. The average molecular weight is 425 g/mol. The highest BCUT2D eigenvalue weighted by atomic mass is 32.2. The number of benzene rings is 3. The van der Waals surface area contributed by atoms with Gasteiger partial charge in [-0.1, -0.05) is 27.2 Å². The number of halogens is 2. The lowest BCUT2D eigenvalue weighted by atomic mass is 10.3. The minimum Gasteiger partial charge on any atom is -0.379 e. The second kappa shape index (κ2) is 7.56. The maximum absolute atomic E-state index is 14.4. The van der Waals surface area contributed by atoms with Crippen LogP contribution in [0.4, 0.5) is 14.6 Å². The van der Waals surface area contributed by atoms with E-state index in [1.807, 2.05) is 0 Å². The SMILES string of the molecule is O=S(=O)(Oc1ccc(N(F)S(=O)(=O)c2ccccc2)cc1)c1ccc(F)cc1. The van der Waals surface area contributed by atoms with Gasteiger partial charge in [-0.15, -0.1) is 0 Å². The average Bonchev–Trinajstić information content (AvgIpc) is 2.69. The van der Waals surface area contributed by atoms with Gasteiger partial charge in [0.05, 0.1) is 10.6 Å². The summed E-state index contributed by atoms with van der Waals surface area (Å²) in [7, 11) is -8.64.